The minimum atomic E-state index is -2.05. The first-order valence-electron chi connectivity index (χ1n) is 5.68. The van der Waals surface area contributed by atoms with Crippen LogP contribution in [0.25, 0.3) is 0 Å². The Morgan fingerprint density at radius 3 is 1.70 bits per heavy atom. The third-order valence-corrected chi connectivity index (χ3v) is 3.29. The summed E-state index contributed by atoms with van der Waals surface area (Å²) in [5.74, 6) is -3.22. The van der Waals surface area contributed by atoms with E-state index < -0.39 is 22.8 Å². The molecule has 0 spiro atoms. The van der Waals surface area contributed by atoms with Crippen molar-refractivity contribution in [1.82, 2.24) is 0 Å². The molecule has 0 N–H and O–H groups in total. The van der Waals surface area contributed by atoms with Crippen LogP contribution in [0, 0.1) is 10.8 Å². The molecule has 0 amide bonds. The largest absolute Gasteiger partial charge is 1.00 e. The van der Waals surface area contributed by atoms with Gasteiger partial charge in [0, 0.05) is 0 Å². The Morgan fingerprint density at radius 1 is 1.00 bits per heavy atom. The molecule has 1 aromatic rings. The van der Waals surface area contributed by atoms with Crippen LogP contribution in [0.15, 0.2) is 30.3 Å². The van der Waals surface area contributed by atoms with E-state index in [2.05, 4.69) is 0 Å². The number of carboxylic acids is 2. The third kappa shape index (κ3) is 4.38. The van der Waals surface area contributed by atoms with Crippen molar-refractivity contribution in [1.29, 1.82) is 0 Å². The normalized spacial score (nSPS) is 10.9. The van der Waals surface area contributed by atoms with E-state index in [9.17, 15) is 19.8 Å². The molecule has 1 rings (SSSR count). The molecule has 1 aromatic carbocycles. The van der Waals surface area contributed by atoms with Gasteiger partial charge in [0.1, 0.15) is 0 Å². The molecule has 0 unspecified atom stereocenters. The summed E-state index contributed by atoms with van der Waals surface area (Å²) < 4.78 is 0. The Bertz CT molecular complexity index is 440. The van der Waals surface area contributed by atoms with E-state index in [1.807, 2.05) is 0 Å². The maximum atomic E-state index is 11.4. The molecule has 0 aliphatic rings. The van der Waals surface area contributed by atoms with E-state index in [0.29, 0.717) is 5.56 Å². The molecule has 0 atom stereocenters. The number of carbonyl (C=O) groups excluding carboxylic acids is 2. The van der Waals surface area contributed by atoms with Gasteiger partial charge in [-0.25, -0.2) is 0 Å². The van der Waals surface area contributed by atoms with Crippen LogP contribution in [-0.2, 0) is 16.0 Å². The zero-order chi connectivity index (χ0) is 14.0. The van der Waals surface area contributed by atoms with Gasteiger partial charge in [-0.3, -0.25) is 0 Å². The van der Waals surface area contributed by atoms with Crippen molar-refractivity contribution in [2.75, 3.05) is 0 Å². The summed E-state index contributed by atoms with van der Waals surface area (Å²) in [6.45, 7) is 4.67. The van der Waals surface area contributed by atoms with E-state index in [1.165, 1.54) is 0 Å². The second-order valence-electron chi connectivity index (χ2n) is 5.39. The van der Waals surface area contributed by atoms with Crippen LogP contribution in [0.4, 0.5) is 0 Å². The quantitative estimate of drug-likeness (QED) is 0.405. The van der Waals surface area contributed by atoms with Gasteiger partial charge in [-0.1, -0.05) is 51.1 Å². The number of hydrogen-bond donors (Lipinski definition) is 0. The zero-order valence-corrected chi connectivity index (χ0v) is 14.7. The fourth-order valence-corrected chi connectivity index (χ4v) is 2.01. The van der Waals surface area contributed by atoms with E-state index >= 15 is 0 Å². The van der Waals surface area contributed by atoms with Gasteiger partial charge < -0.3 is 19.8 Å². The number of rotatable bonds is 4. The van der Waals surface area contributed by atoms with Gasteiger partial charge in [0.25, 0.3) is 0 Å². The standard InChI is InChI=1S/C14H18O4.Li.Na/c1-13(2,3)14(11(15)16,12(17)18)9-10-7-5-4-6-8-10;;/h4-8H,9H2,1-3H3,(H,15,16)(H,17,18);;/q;2*+1/p-2. The van der Waals surface area contributed by atoms with E-state index in [1.54, 1.807) is 51.1 Å². The Balaban J connectivity index is 0. The first-order chi connectivity index (χ1) is 8.22. The maximum absolute atomic E-state index is 11.4. The van der Waals surface area contributed by atoms with Gasteiger partial charge in [-0.15, -0.1) is 0 Å². The van der Waals surface area contributed by atoms with Crippen molar-refractivity contribution < 1.29 is 68.2 Å². The molecule has 4 nitrogen and oxygen atoms in total. The molecular weight excluding hydrogens is 262 g/mol. The molecule has 0 saturated carbocycles. The fourth-order valence-electron chi connectivity index (χ4n) is 2.01. The first-order valence-corrected chi connectivity index (χ1v) is 5.68. The van der Waals surface area contributed by atoms with E-state index in [0.717, 1.165) is 0 Å². The van der Waals surface area contributed by atoms with Crippen molar-refractivity contribution in [3.8, 4) is 0 Å². The smallest absolute Gasteiger partial charge is 0.549 e. The van der Waals surface area contributed by atoms with Gasteiger partial charge in [0.15, 0.2) is 0 Å². The minimum Gasteiger partial charge on any atom is -0.549 e. The number of carboxylic acid groups (broad SMARTS) is 2. The van der Waals surface area contributed by atoms with Crippen molar-refractivity contribution in [3.63, 3.8) is 0 Å². The molecule has 98 valence electrons. The van der Waals surface area contributed by atoms with Gasteiger partial charge in [-0.2, -0.15) is 0 Å². The monoisotopic (exact) mass is 278 g/mol. The predicted octanol–water partition coefficient (Wildman–Crippen LogP) is -6.23. The molecule has 0 aromatic heterocycles. The second kappa shape index (κ2) is 8.26. The van der Waals surface area contributed by atoms with Crippen LogP contribution in [0.1, 0.15) is 26.3 Å². The zero-order valence-electron chi connectivity index (χ0n) is 12.7. The van der Waals surface area contributed by atoms with Crippen LogP contribution in [0.5, 0.6) is 0 Å². The van der Waals surface area contributed by atoms with Gasteiger partial charge in [0.2, 0.25) is 0 Å². The summed E-state index contributed by atoms with van der Waals surface area (Å²) in [5, 5.41) is 22.8. The molecule has 6 heteroatoms. The van der Waals surface area contributed by atoms with Crippen molar-refractivity contribution in [2.45, 2.75) is 27.2 Å². The number of carbonyl (C=O) groups is 2. The Kier molecular flexibility index (Phi) is 9.11. The average molecular weight is 278 g/mol. The minimum absolute atomic E-state index is 0. The summed E-state index contributed by atoms with van der Waals surface area (Å²) >= 11 is 0. The molecule has 0 fully saturated rings. The summed E-state index contributed by atoms with van der Waals surface area (Å²) in [6, 6.07) is 8.61. The third-order valence-electron chi connectivity index (χ3n) is 3.29. The molecule has 0 aliphatic carbocycles. The molecule has 0 aliphatic heterocycles. The predicted molar refractivity (Wildman–Crippen MR) is 62.0 cm³/mol. The number of aliphatic carboxylic acids is 2. The number of benzene rings is 1. The van der Waals surface area contributed by atoms with Gasteiger partial charge >= 0.3 is 48.4 Å². The fraction of sp³-hybridized carbons (Fsp3) is 0.429. The van der Waals surface area contributed by atoms with E-state index in [-0.39, 0.29) is 54.8 Å². The van der Waals surface area contributed by atoms with E-state index in [4.69, 9.17) is 0 Å². The molecule has 0 bridgehead atoms. The van der Waals surface area contributed by atoms with Crippen molar-refractivity contribution in [3.05, 3.63) is 35.9 Å². The molecular formula is C14H16LiNaO4. The molecule has 0 radical (unpaired) electrons. The van der Waals surface area contributed by atoms with Crippen LogP contribution < -0.4 is 58.6 Å². The van der Waals surface area contributed by atoms with Crippen LogP contribution in [0.3, 0.4) is 0 Å². The van der Waals surface area contributed by atoms with Crippen LogP contribution in [-0.4, -0.2) is 11.9 Å². The summed E-state index contributed by atoms with van der Waals surface area (Å²) in [6.07, 6.45) is -0.151. The Morgan fingerprint density at radius 2 is 1.40 bits per heavy atom. The average Bonchev–Trinajstić information content (AvgIpc) is 2.24. The van der Waals surface area contributed by atoms with Gasteiger partial charge in [-0.05, 0) is 17.4 Å². The summed E-state index contributed by atoms with van der Waals surface area (Å²) in [5.41, 5.74) is -2.43. The van der Waals surface area contributed by atoms with Crippen LogP contribution >= 0.6 is 0 Å². The summed E-state index contributed by atoms with van der Waals surface area (Å²) in [7, 11) is 0. The Labute approximate surface area is 153 Å². The Hall–Kier alpha value is -0.243. The van der Waals surface area contributed by atoms with Gasteiger partial charge in [0.05, 0.1) is 17.4 Å². The van der Waals surface area contributed by atoms with Crippen molar-refractivity contribution in [2.24, 2.45) is 10.8 Å². The maximum Gasteiger partial charge on any atom is 1.00 e. The molecule has 20 heavy (non-hydrogen) atoms. The number of hydrogen-bond acceptors (Lipinski definition) is 4. The van der Waals surface area contributed by atoms with Crippen LogP contribution in [0.2, 0.25) is 0 Å². The SMILES string of the molecule is CC(C)(C)C(Cc1ccccc1)(C(=O)[O-])C(=O)[O-].[Li+].[Na+]. The molecule has 0 saturated heterocycles. The topological polar surface area (TPSA) is 80.3 Å². The molecule has 0 heterocycles. The van der Waals surface area contributed by atoms with Crippen molar-refractivity contribution >= 4 is 11.9 Å². The second-order valence-corrected chi connectivity index (χ2v) is 5.39. The summed E-state index contributed by atoms with van der Waals surface area (Å²) in [4.78, 5) is 22.8. The first kappa shape index (κ1) is 22.0.